The fraction of sp³-hybridized carbons (Fsp3) is 0.917. The standard InChI is InChI=1S/C12H20N2O/c1-9-8-14(6-5-12(9)15)11-4-2-3-10(11)7-13/h9-12,15H,2-6,8H2,1H3. The summed E-state index contributed by atoms with van der Waals surface area (Å²) < 4.78 is 0. The lowest BCUT2D eigenvalue weighted by Crippen LogP contribution is -2.48. The Balaban J connectivity index is 1.97. The van der Waals surface area contributed by atoms with Crippen LogP contribution in [0.15, 0.2) is 0 Å². The molecule has 2 rings (SSSR count). The fourth-order valence-electron chi connectivity index (χ4n) is 2.99. The summed E-state index contributed by atoms with van der Waals surface area (Å²) in [5.74, 6) is 0.589. The lowest BCUT2D eigenvalue weighted by atomic mass is 9.93. The van der Waals surface area contributed by atoms with Gasteiger partial charge >= 0.3 is 0 Å². The predicted molar refractivity (Wildman–Crippen MR) is 58.1 cm³/mol. The van der Waals surface area contributed by atoms with Crippen LogP contribution in [0.1, 0.15) is 32.6 Å². The van der Waals surface area contributed by atoms with Gasteiger partial charge in [-0.05, 0) is 25.2 Å². The van der Waals surface area contributed by atoms with Crippen LogP contribution in [0.25, 0.3) is 0 Å². The SMILES string of the molecule is CC1CN(C2CCCC2C#N)CCC1O. The number of hydrogen-bond acceptors (Lipinski definition) is 3. The summed E-state index contributed by atoms with van der Waals surface area (Å²) in [6.07, 6.45) is 4.16. The van der Waals surface area contributed by atoms with Crippen molar-refractivity contribution in [2.75, 3.05) is 13.1 Å². The highest BCUT2D eigenvalue weighted by atomic mass is 16.3. The van der Waals surface area contributed by atoms with E-state index in [1.54, 1.807) is 0 Å². The average molecular weight is 208 g/mol. The van der Waals surface area contributed by atoms with E-state index in [1.807, 2.05) is 0 Å². The van der Waals surface area contributed by atoms with Crippen LogP contribution in [0.3, 0.4) is 0 Å². The molecule has 3 nitrogen and oxygen atoms in total. The summed E-state index contributed by atoms with van der Waals surface area (Å²) in [5, 5.41) is 18.7. The van der Waals surface area contributed by atoms with E-state index in [0.29, 0.717) is 12.0 Å². The van der Waals surface area contributed by atoms with Gasteiger partial charge in [0.2, 0.25) is 0 Å². The first-order chi connectivity index (χ1) is 7.22. The molecule has 15 heavy (non-hydrogen) atoms. The molecule has 0 spiro atoms. The highest BCUT2D eigenvalue weighted by Crippen LogP contribution is 2.32. The predicted octanol–water partition coefficient (Wildman–Crippen LogP) is 1.38. The van der Waals surface area contributed by atoms with E-state index in [2.05, 4.69) is 17.9 Å². The summed E-state index contributed by atoms with van der Waals surface area (Å²) in [6.45, 7) is 4.03. The topological polar surface area (TPSA) is 47.3 Å². The molecule has 0 aromatic heterocycles. The molecule has 1 saturated carbocycles. The van der Waals surface area contributed by atoms with Gasteiger partial charge in [0.1, 0.15) is 0 Å². The molecule has 0 radical (unpaired) electrons. The second-order valence-corrected chi connectivity index (χ2v) is 5.06. The van der Waals surface area contributed by atoms with E-state index in [9.17, 15) is 5.11 Å². The van der Waals surface area contributed by atoms with Gasteiger partial charge in [0.15, 0.2) is 0 Å². The van der Waals surface area contributed by atoms with Gasteiger partial charge in [-0.25, -0.2) is 0 Å². The maximum atomic E-state index is 9.67. The first-order valence-corrected chi connectivity index (χ1v) is 6.04. The lowest BCUT2D eigenvalue weighted by Gasteiger charge is -2.39. The Morgan fingerprint density at radius 3 is 2.80 bits per heavy atom. The summed E-state index contributed by atoms with van der Waals surface area (Å²) in [6, 6.07) is 2.90. The molecule has 2 aliphatic rings. The third-order valence-electron chi connectivity index (χ3n) is 4.01. The maximum absolute atomic E-state index is 9.67. The van der Waals surface area contributed by atoms with Gasteiger partial charge in [-0.2, -0.15) is 5.26 Å². The number of aliphatic hydroxyl groups excluding tert-OH is 1. The second kappa shape index (κ2) is 4.51. The molecule has 0 amide bonds. The fourth-order valence-corrected chi connectivity index (χ4v) is 2.99. The highest BCUT2D eigenvalue weighted by molar-refractivity contribution is 4.98. The third kappa shape index (κ3) is 2.16. The Morgan fingerprint density at radius 1 is 1.33 bits per heavy atom. The van der Waals surface area contributed by atoms with Crippen LogP contribution in [0, 0.1) is 23.2 Å². The van der Waals surface area contributed by atoms with Crippen LogP contribution in [0.4, 0.5) is 0 Å². The first-order valence-electron chi connectivity index (χ1n) is 6.04. The summed E-state index contributed by atoms with van der Waals surface area (Å²) >= 11 is 0. The van der Waals surface area contributed by atoms with Gasteiger partial charge in [-0.3, -0.25) is 4.90 Å². The first kappa shape index (κ1) is 10.9. The maximum Gasteiger partial charge on any atom is 0.0672 e. The highest BCUT2D eigenvalue weighted by Gasteiger charge is 2.35. The molecular weight excluding hydrogens is 188 g/mol. The Bertz CT molecular complexity index is 261. The van der Waals surface area contributed by atoms with Crippen molar-refractivity contribution in [1.29, 1.82) is 5.26 Å². The van der Waals surface area contributed by atoms with E-state index in [0.717, 1.165) is 25.9 Å². The zero-order valence-corrected chi connectivity index (χ0v) is 9.39. The van der Waals surface area contributed by atoms with Gasteiger partial charge in [0.05, 0.1) is 18.1 Å². The van der Waals surface area contributed by atoms with E-state index in [1.165, 1.54) is 12.8 Å². The van der Waals surface area contributed by atoms with Crippen molar-refractivity contribution >= 4 is 0 Å². The minimum Gasteiger partial charge on any atom is -0.393 e. The lowest BCUT2D eigenvalue weighted by molar-refractivity contribution is 0.0136. The minimum absolute atomic E-state index is 0.136. The van der Waals surface area contributed by atoms with Gasteiger partial charge in [0, 0.05) is 19.1 Å². The second-order valence-electron chi connectivity index (χ2n) is 5.06. The van der Waals surface area contributed by atoms with Crippen molar-refractivity contribution in [2.45, 2.75) is 44.8 Å². The molecule has 2 fully saturated rings. The molecule has 1 N–H and O–H groups in total. The minimum atomic E-state index is -0.136. The van der Waals surface area contributed by atoms with E-state index < -0.39 is 0 Å². The zero-order valence-electron chi connectivity index (χ0n) is 9.39. The van der Waals surface area contributed by atoms with E-state index >= 15 is 0 Å². The molecule has 1 heterocycles. The monoisotopic (exact) mass is 208 g/mol. The number of piperidine rings is 1. The van der Waals surface area contributed by atoms with Crippen molar-refractivity contribution in [1.82, 2.24) is 4.90 Å². The van der Waals surface area contributed by atoms with Crippen LogP contribution in [0.2, 0.25) is 0 Å². The van der Waals surface area contributed by atoms with Crippen LogP contribution >= 0.6 is 0 Å². The Morgan fingerprint density at radius 2 is 2.13 bits per heavy atom. The van der Waals surface area contributed by atoms with Gasteiger partial charge < -0.3 is 5.11 Å². The van der Waals surface area contributed by atoms with Crippen LogP contribution in [0.5, 0.6) is 0 Å². The van der Waals surface area contributed by atoms with E-state index in [4.69, 9.17) is 5.26 Å². The summed E-state index contributed by atoms with van der Waals surface area (Å²) in [5.41, 5.74) is 0. The number of nitrogens with zero attached hydrogens (tertiary/aromatic N) is 2. The molecule has 1 aliphatic carbocycles. The number of aliphatic hydroxyl groups is 1. The van der Waals surface area contributed by atoms with Crippen LogP contribution in [-0.2, 0) is 0 Å². The van der Waals surface area contributed by atoms with Gasteiger partial charge in [0.25, 0.3) is 0 Å². The van der Waals surface area contributed by atoms with Crippen molar-refractivity contribution < 1.29 is 5.11 Å². The largest absolute Gasteiger partial charge is 0.393 e. The number of likely N-dealkylation sites (tertiary alicyclic amines) is 1. The Kier molecular flexibility index (Phi) is 3.28. The number of rotatable bonds is 1. The number of hydrogen-bond donors (Lipinski definition) is 1. The Hall–Kier alpha value is -0.590. The van der Waals surface area contributed by atoms with Crippen molar-refractivity contribution in [2.24, 2.45) is 11.8 Å². The summed E-state index contributed by atoms with van der Waals surface area (Å²) in [4.78, 5) is 2.43. The quantitative estimate of drug-likeness (QED) is 0.708. The molecule has 0 aromatic carbocycles. The molecule has 84 valence electrons. The van der Waals surface area contributed by atoms with E-state index in [-0.39, 0.29) is 12.0 Å². The van der Waals surface area contributed by atoms with Crippen LogP contribution in [-0.4, -0.2) is 35.2 Å². The molecule has 4 unspecified atom stereocenters. The molecule has 1 aliphatic heterocycles. The van der Waals surface area contributed by atoms with Crippen molar-refractivity contribution in [3.05, 3.63) is 0 Å². The average Bonchev–Trinajstić information content (AvgIpc) is 2.70. The molecule has 0 bridgehead atoms. The Labute approximate surface area is 91.7 Å². The van der Waals surface area contributed by atoms with Crippen molar-refractivity contribution in [3.8, 4) is 6.07 Å². The molecule has 0 aromatic rings. The van der Waals surface area contributed by atoms with Crippen LogP contribution < -0.4 is 0 Å². The molecular formula is C12H20N2O. The molecule has 4 atom stereocenters. The summed E-state index contributed by atoms with van der Waals surface area (Å²) in [7, 11) is 0. The number of nitriles is 1. The molecule has 1 saturated heterocycles. The normalized spacial score (nSPS) is 42.7. The van der Waals surface area contributed by atoms with Gasteiger partial charge in [-0.15, -0.1) is 0 Å². The smallest absolute Gasteiger partial charge is 0.0672 e. The van der Waals surface area contributed by atoms with Gasteiger partial charge in [-0.1, -0.05) is 13.3 Å². The molecule has 3 heteroatoms. The third-order valence-corrected chi connectivity index (χ3v) is 4.01. The van der Waals surface area contributed by atoms with Crippen molar-refractivity contribution in [3.63, 3.8) is 0 Å². The zero-order chi connectivity index (χ0) is 10.8.